The molecule has 2 aromatic heterocycles. The number of rotatable bonds is 7. The second kappa shape index (κ2) is 11.8. The zero-order chi connectivity index (χ0) is 29.3. The Bertz CT molecular complexity index is 1500. The van der Waals surface area contributed by atoms with Gasteiger partial charge in [-0.1, -0.05) is 0 Å². The summed E-state index contributed by atoms with van der Waals surface area (Å²) in [6, 6.07) is 9.62. The number of pyridine rings is 1. The molecule has 0 radical (unpaired) electrons. The Balaban J connectivity index is 1.40. The average Bonchev–Trinajstić information content (AvgIpc) is 3.36. The monoisotopic (exact) mass is 638 g/mol. The van der Waals surface area contributed by atoms with E-state index in [0.717, 1.165) is 12.8 Å². The van der Waals surface area contributed by atoms with E-state index in [1.807, 2.05) is 7.05 Å². The van der Waals surface area contributed by atoms with Gasteiger partial charge in [-0.15, -0.1) is 0 Å². The van der Waals surface area contributed by atoms with Gasteiger partial charge in [-0.25, -0.2) is 0 Å². The number of hydrogen-bond acceptors (Lipinski definition) is 6. The van der Waals surface area contributed by atoms with Gasteiger partial charge < -0.3 is 0 Å². The molecule has 218 valence electrons. The van der Waals surface area contributed by atoms with Gasteiger partial charge in [0.1, 0.15) is 0 Å². The standard InChI is InChI=1S/C28H30F4N6O2Se/c1-33-27(39)16-9-11-19(23(14-16)40-3)34-13-5-6-21-26(41-28(30,31)32)22-7-4-8-24(38(22)36-21)35-20-12-10-17-15-18(29)25(20)37(17)2/h4,7-9,11,14,17-18,20,25,34-35H,10,12-13,15H2,1-3H3,(H,33,39)/t17-,18-,20-,25-/m1/s1. The van der Waals surface area contributed by atoms with E-state index in [1.165, 1.54) is 18.7 Å². The summed E-state index contributed by atoms with van der Waals surface area (Å²) in [5.74, 6) is 6.35. The van der Waals surface area contributed by atoms with Gasteiger partial charge in [0.2, 0.25) is 0 Å². The Hall–Kier alpha value is -3.46. The van der Waals surface area contributed by atoms with Gasteiger partial charge in [-0.2, -0.15) is 0 Å². The fourth-order valence-corrected chi connectivity index (χ4v) is 7.08. The molecule has 0 saturated carbocycles. The van der Waals surface area contributed by atoms with Crippen molar-refractivity contribution in [2.75, 3.05) is 38.4 Å². The van der Waals surface area contributed by atoms with Crippen LogP contribution in [0.3, 0.4) is 0 Å². The molecule has 2 aliphatic rings. The van der Waals surface area contributed by atoms with E-state index in [0.29, 0.717) is 34.8 Å². The number of aromatic nitrogens is 2. The van der Waals surface area contributed by atoms with Crippen LogP contribution in [0.1, 0.15) is 35.3 Å². The molecule has 4 heterocycles. The molecule has 3 aromatic rings. The molecule has 2 fully saturated rings. The first kappa shape index (κ1) is 29.0. The number of carbonyl (C=O) groups excluding carboxylic acids is 1. The second-order valence-corrected chi connectivity index (χ2v) is 12.2. The molecule has 0 spiro atoms. The maximum absolute atomic E-state index is 14.8. The molecule has 4 atom stereocenters. The van der Waals surface area contributed by atoms with Crippen molar-refractivity contribution in [3.05, 3.63) is 47.7 Å². The van der Waals surface area contributed by atoms with Crippen molar-refractivity contribution in [1.82, 2.24) is 19.8 Å². The van der Waals surface area contributed by atoms with Crippen LogP contribution in [0, 0.1) is 11.8 Å². The Labute approximate surface area is 241 Å². The molecule has 2 aliphatic heterocycles. The maximum atomic E-state index is 14.8. The van der Waals surface area contributed by atoms with Gasteiger partial charge in [0.25, 0.3) is 0 Å². The fraction of sp³-hybridized carbons (Fsp3) is 0.429. The fourth-order valence-electron chi connectivity index (χ4n) is 5.66. The first-order valence-electron chi connectivity index (χ1n) is 13.1. The number of halogens is 4. The molecule has 13 heteroatoms. The van der Waals surface area contributed by atoms with Crippen LogP contribution in [0.15, 0.2) is 36.4 Å². The number of anilines is 2. The summed E-state index contributed by atoms with van der Waals surface area (Å²) in [5.41, 5.74) is 1.36. The van der Waals surface area contributed by atoms with Gasteiger partial charge >= 0.3 is 234 Å². The van der Waals surface area contributed by atoms with Gasteiger partial charge in [0.05, 0.1) is 0 Å². The summed E-state index contributed by atoms with van der Waals surface area (Å²) in [4.78, 5) is 14.0. The third-order valence-corrected chi connectivity index (χ3v) is 9.32. The molecule has 1 amide bonds. The number of ether oxygens (including phenoxy) is 1. The molecule has 8 nitrogen and oxygen atoms in total. The van der Waals surface area contributed by atoms with Crippen molar-refractivity contribution < 1.29 is 27.1 Å². The predicted octanol–water partition coefficient (Wildman–Crippen LogP) is 3.00. The number of fused-ring (bicyclic) bond motifs is 3. The van der Waals surface area contributed by atoms with Crippen LogP contribution in [0.5, 0.6) is 5.75 Å². The topological polar surface area (TPSA) is 82.9 Å². The van der Waals surface area contributed by atoms with E-state index < -0.39 is 26.2 Å². The van der Waals surface area contributed by atoms with Gasteiger partial charge in [-0.3, -0.25) is 0 Å². The summed E-state index contributed by atoms with van der Waals surface area (Å²) >= 11 is -1.88. The summed E-state index contributed by atoms with van der Waals surface area (Å²) in [5, 5.41) is 9.06. The van der Waals surface area contributed by atoms with Crippen molar-refractivity contribution in [3.8, 4) is 17.6 Å². The van der Waals surface area contributed by atoms with E-state index in [9.17, 15) is 22.4 Å². The average molecular weight is 638 g/mol. The number of likely N-dealkylation sites (N-methyl/N-ethyl adjacent to an activating group) is 1. The summed E-state index contributed by atoms with van der Waals surface area (Å²) < 4.78 is 62.5. The van der Waals surface area contributed by atoms with Crippen molar-refractivity contribution in [1.29, 1.82) is 0 Å². The number of hydrogen-bond donors (Lipinski definition) is 3. The van der Waals surface area contributed by atoms with Crippen LogP contribution in [-0.2, 0) is 0 Å². The quantitative estimate of drug-likeness (QED) is 0.210. The van der Waals surface area contributed by atoms with Crippen molar-refractivity contribution in [3.63, 3.8) is 0 Å². The van der Waals surface area contributed by atoms with E-state index in [1.54, 1.807) is 36.4 Å². The number of amides is 1. The number of alkyl halides is 4. The Morgan fingerprint density at radius 1 is 1.24 bits per heavy atom. The number of benzene rings is 1. The minimum absolute atomic E-state index is 0.0405. The van der Waals surface area contributed by atoms with Crippen molar-refractivity contribution >= 4 is 42.3 Å². The molecular formula is C28H30F4N6O2Se. The molecule has 0 aliphatic carbocycles. The van der Waals surface area contributed by atoms with Crippen LogP contribution in [0.4, 0.5) is 29.1 Å². The van der Waals surface area contributed by atoms with E-state index >= 15 is 0 Å². The minimum atomic E-state index is -4.40. The van der Waals surface area contributed by atoms with Crippen LogP contribution in [0.25, 0.3) is 5.52 Å². The predicted molar refractivity (Wildman–Crippen MR) is 150 cm³/mol. The van der Waals surface area contributed by atoms with Crippen LogP contribution in [-0.4, -0.2) is 92.5 Å². The number of piperidine rings is 1. The zero-order valence-electron chi connectivity index (χ0n) is 22.7. The van der Waals surface area contributed by atoms with Crippen LogP contribution in [0.2, 0.25) is 0 Å². The SMILES string of the molecule is CNC(=O)c1ccc(NCC#Cc2nn3c(N[C@@H]4CC[C@@H]5C[C@@H](F)[C@H]4N5C)cccc3c2[Se]C(F)(F)F)c(OC)c1. The molecule has 0 unspecified atom stereocenters. The second-order valence-electron chi connectivity index (χ2n) is 9.97. The number of nitrogens with one attached hydrogen (secondary N) is 3. The van der Waals surface area contributed by atoms with Gasteiger partial charge in [-0.05, 0) is 0 Å². The van der Waals surface area contributed by atoms with Crippen molar-refractivity contribution in [2.24, 2.45) is 0 Å². The summed E-state index contributed by atoms with van der Waals surface area (Å²) in [7, 11) is 4.92. The molecular weight excluding hydrogens is 607 g/mol. The first-order valence-corrected chi connectivity index (χ1v) is 14.8. The zero-order valence-corrected chi connectivity index (χ0v) is 24.4. The molecule has 3 N–H and O–H groups in total. The van der Waals surface area contributed by atoms with E-state index in [2.05, 4.69) is 37.8 Å². The Morgan fingerprint density at radius 2 is 2.05 bits per heavy atom. The molecule has 2 saturated heterocycles. The van der Waals surface area contributed by atoms with E-state index in [4.69, 9.17) is 4.74 Å². The Morgan fingerprint density at radius 3 is 2.78 bits per heavy atom. The third kappa shape index (κ3) is 6.10. The third-order valence-electron chi connectivity index (χ3n) is 7.57. The first-order chi connectivity index (χ1) is 19.6. The Kier molecular flexibility index (Phi) is 8.36. The summed E-state index contributed by atoms with van der Waals surface area (Å²) in [6.07, 6.45) is 1.16. The number of nitrogens with zero attached hydrogens (tertiary/aromatic N) is 3. The molecule has 2 bridgehead atoms. The number of methoxy groups -OCH3 is 1. The van der Waals surface area contributed by atoms with Crippen molar-refractivity contribution in [2.45, 2.75) is 48.6 Å². The van der Waals surface area contributed by atoms with Crippen LogP contribution < -0.4 is 25.1 Å². The molecule has 41 heavy (non-hydrogen) atoms. The normalized spacial score (nSPS) is 22.2. The van der Waals surface area contributed by atoms with Gasteiger partial charge in [0, 0.05) is 7.05 Å². The van der Waals surface area contributed by atoms with Gasteiger partial charge in [0.15, 0.2) is 0 Å². The van der Waals surface area contributed by atoms with E-state index in [-0.39, 0.29) is 40.7 Å². The number of carbonyl (C=O) groups is 1. The molecule has 1 aromatic carbocycles. The summed E-state index contributed by atoms with van der Waals surface area (Å²) in [6.45, 7) is 0.0995. The molecule has 5 rings (SSSR count). The van der Waals surface area contributed by atoms with Crippen LogP contribution >= 0.6 is 0 Å².